The fourth-order valence-corrected chi connectivity index (χ4v) is 6.30. The van der Waals surface area contributed by atoms with Gasteiger partial charge in [0.05, 0.1) is 0 Å². The second kappa shape index (κ2) is 14.0. The van der Waals surface area contributed by atoms with Crippen molar-refractivity contribution in [2.24, 2.45) is 0 Å². The molecule has 0 radical (unpaired) electrons. The number of rotatable bonds is 14. The van der Waals surface area contributed by atoms with Crippen molar-refractivity contribution in [3.8, 4) is 0 Å². The zero-order valence-electron chi connectivity index (χ0n) is 21.2. The van der Waals surface area contributed by atoms with Gasteiger partial charge in [-0.15, -0.1) is 0 Å². The highest BCUT2D eigenvalue weighted by molar-refractivity contribution is 7.99. The van der Waals surface area contributed by atoms with Gasteiger partial charge in [-0.05, 0) is 71.9 Å². The van der Waals surface area contributed by atoms with Crippen molar-refractivity contribution in [2.45, 2.75) is 128 Å². The van der Waals surface area contributed by atoms with E-state index in [0.29, 0.717) is 0 Å². The van der Waals surface area contributed by atoms with Gasteiger partial charge in [0.15, 0.2) is 0 Å². The van der Waals surface area contributed by atoms with E-state index in [1.165, 1.54) is 77.0 Å². The Kier molecular flexibility index (Phi) is 11.8. The monoisotopic (exact) mass is 438 g/mol. The van der Waals surface area contributed by atoms with Crippen LogP contribution in [0.2, 0.25) is 0 Å². The first-order valence-corrected chi connectivity index (χ1v) is 13.9. The molecule has 172 valence electrons. The molecule has 0 unspecified atom stereocenters. The summed E-state index contributed by atoms with van der Waals surface area (Å²) in [6, 6.07) is 9.78. The van der Waals surface area contributed by atoms with E-state index in [9.17, 15) is 0 Å². The molecule has 2 aromatic carbocycles. The maximum atomic E-state index is 2.45. The molecular formula is C30H46S. The molecule has 0 aliphatic carbocycles. The second-order valence-electron chi connectivity index (χ2n) is 8.99. The van der Waals surface area contributed by atoms with E-state index in [-0.39, 0.29) is 0 Å². The minimum Gasteiger partial charge on any atom is -0.0889 e. The average Bonchev–Trinajstić information content (AvgIpc) is 2.76. The Labute approximate surface area is 197 Å². The molecule has 2 rings (SSSR count). The molecule has 0 saturated carbocycles. The first-order chi connectivity index (χ1) is 15.1. The van der Waals surface area contributed by atoms with Crippen molar-refractivity contribution in [3.05, 3.63) is 57.6 Å². The van der Waals surface area contributed by atoms with Crippen LogP contribution in [0.3, 0.4) is 0 Å². The Hall–Kier alpha value is -1.21. The van der Waals surface area contributed by atoms with Crippen molar-refractivity contribution < 1.29 is 0 Å². The zero-order chi connectivity index (χ0) is 22.6. The van der Waals surface area contributed by atoms with Crippen LogP contribution >= 0.6 is 11.8 Å². The van der Waals surface area contributed by atoms with Crippen molar-refractivity contribution in [1.29, 1.82) is 0 Å². The minimum atomic E-state index is 1.19. The molecule has 0 heterocycles. The number of hydrogen-bond acceptors (Lipinski definition) is 1. The third-order valence-corrected chi connectivity index (χ3v) is 7.59. The lowest BCUT2D eigenvalue weighted by Gasteiger charge is -2.23. The Morgan fingerprint density at radius 2 is 0.710 bits per heavy atom. The number of hydrogen-bond donors (Lipinski definition) is 0. The largest absolute Gasteiger partial charge is 0.0889 e. The second-order valence-corrected chi connectivity index (χ2v) is 10.0. The molecule has 0 aliphatic heterocycles. The molecule has 0 aliphatic rings. The van der Waals surface area contributed by atoms with Gasteiger partial charge >= 0.3 is 0 Å². The lowest BCUT2D eigenvalue weighted by molar-refractivity contribution is 0.812. The lowest BCUT2D eigenvalue weighted by atomic mass is 9.95. The summed E-state index contributed by atoms with van der Waals surface area (Å²) < 4.78 is 0. The number of benzene rings is 2. The summed E-state index contributed by atoms with van der Waals surface area (Å²) >= 11 is 2.13. The summed E-state index contributed by atoms with van der Waals surface area (Å²) in [4.78, 5) is 3.19. The normalized spacial score (nSPS) is 11.3. The molecule has 0 amide bonds. The molecule has 0 atom stereocenters. The maximum Gasteiger partial charge on any atom is 0.0189 e. The zero-order valence-corrected chi connectivity index (χ0v) is 22.0. The fraction of sp³-hybridized carbons (Fsp3) is 0.600. The van der Waals surface area contributed by atoms with Crippen LogP contribution in [0.4, 0.5) is 0 Å². The molecule has 1 heteroatoms. The van der Waals surface area contributed by atoms with E-state index >= 15 is 0 Å². The molecule has 0 fully saturated rings. The van der Waals surface area contributed by atoms with Gasteiger partial charge < -0.3 is 0 Å². The standard InChI is InChI=1S/C30H46S/c1-7-13-23-19-21-25(15-9-3)29(27(23)17-11-5)31-30-26(16-10-4)22-20-24(14-8-2)28(30)18-12-6/h19-22H,7-18H2,1-6H3. The van der Waals surface area contributed by atoms with Gasteiger partial charge in [0, 0.05) is 9.79 Å². The summed E-state index contributed by atoms with van der Waals surface area (Å²) in [6.07, 6.45) is 14.5. The van der Waals surface area contributed by atoms with Crippen LogP contribution < -0.4 is 0 Å². The van der Waals surface area contributed by atoms with Crippen LogP contribution in [0.1, 0.15) is 113 Å². The van der Waals surface area contributed by atoms with Crippen molar-refractivity contribution in [1.82, 2.24) is 0 Å². The molecular weight excluding hydrogens is 392 g/mol. The SMILES string of the molecule is CCCc1ccc(CCC)c(Sc2c(CCC)ccc(CCC)c2CCC)c1CCC. The first kappa shape index (κ1) is 26.0. The van der Waals surface area contributed by atoms with Crippen LogP contribution in [-0.2, 0) is 38.5 Å². The summed E-state index contributed by atoms with van der Waals surface area (Å²) in [5.74, 6) is 0. The Morgan fingerprint density at radius 3 is 1.03 bits per heavy atom. The van der Waals surface area contributed by atoms with E-state index < -0.39 is 0 Å². The van der Waals surface area contributed by atoms with E-state index in [2.05, 4.69) is 77.6 Å². The van der Waals surface area contributed by atoms with E-state index in [1.54, 1.807) is 43.2 Å². The van der Waals surface area contributed by atoms with Gasteiger partial charge in [-0.1, -0.05) is 116 Å². The Bertz CT molecular complexity index is 735. The third kappa shape index (κ3) is 6.88. The maximum absolute atomic E-state index is 2.45. The molecule has 31 heavy (non-hydrogen) atoms. The highest BCUT2D eigenvalue weighted by Gasteiger charge is 2.19. The molecule has 2 aromatic rings. The van der Waals surface area contributed by atoms with Crippen LogP contribution in [-0.4, -0.2) is 0 Å². The lowest BCUT2D eigenvalue weighted by Crippen LogP contribution is -2.04. The van der Waals surface area contributed by atoms with Gasteiger partial charge in [0.1, 0.15) is 0 Å². The summed E-state index contributed by atoms with van der Waals surface area (Å²) in [5, 5.41) is 0. The molecule has 0 nitrogen and oxygen atoms in total. The van der Waals surface area contributed by atoms with E-state index in [1.807, 2.05) is 0 Å². The first-order valence-electron chi connectivity index (χ1n) is 13.1. The Morgan fingerprint density at radius 1 is 0.419 bits per heavy atom. The average molecular weight is 439 g/mol. The fourth-order valence-electron chi connectivity index (χ4n) is 4.78. The molecule has 0 bridgehead atoms. The van der Waals surface area contributed by atoms with Gasteiger partial charge in [0.2, 0.25) is 0 Å². The Balaban J connectivity index is 2.71. The highest BCUT2D eigenvalue weighted by Crippen LogP contribution is 2.42. The van der Waals surface area contributed by atoms with Crippen LogP contribution in [0.5, 0.6) is 0 Å². The van der Waals surface area contributed by atoms with Gasteiger partial charge in [-0.2, -0.15) is 0 Å². The van der Waals surface area contributed by atoms with Crippen molar-refractivity contribution in [3.63, 3.8) is 0 Å². The number of aryl methyl sites for hydroxylation is 4. The van der Waals surface area contributed by atoms with E-state index in [4.69, 9.17) is 0 Å². The summed E-state index contributed by atoms with van der Waals surface area (Å²) in [7, 11) is 0. The van der Waals surface area contributed by atoms with Crippen molar-refractivity contribution >= 4 is 11.8 Å². The molecule has 0 saturated heterocycles. The predicted molar refractivity (Wildman–Crippen MR) is 141 cm³/mol. The van der Waals surface area contributed by atoms with Crippen molar-refractivity contribution in [2.75, 3.05) is 0 Å². The van der Waals surface area contributed by atoms with Crippen LogP contribution in [0.25, 0.3) is 0 Å². The molecule has 0 aromatic heterocycles. The summed E-state index contributed by atoms with van der Waals surface area (Å²) in [6.45, 7) is 13.9. The van der Waals surface area contributed by atoms with Gasteiger partial charge in [0.25, 0.3) is 0 Å². The van der Waals surface area contributed by atoms with Crippen LogP contribution in [0, 0.1) is 0 Å². The van der Waals surface area contributed by atoms with Gasteiger partial charge in [-0.25, -0.2) is 0 Å². The summed E-state index contributed by atoms with van der Waals surface area (Å²) in [5.41, 5.74) is 9.61. The quantitative estimate of drug-likeness (QED) is 0.283. The van der Waals surface area contributed by atoms with E-state index in [0.717, 1.165) is 0 Å². The highest BCUT2D eigenvalue weighted by atomic mass is 32.2. The third-order valence-electron chi connectivity index (χ3n) is 6.16. The molecule has 0 N–H and O–H groups in total. The topological polar surface area (TPSA) is 0 Å². The van der Waals surface area contributed by atoms with Gasteiger partial charge in [-0.3, -0.25) is 0 Å². The predicted octanol–water partition coefficient (Wildman–Crippen LogP) is 9.55. The van der Waals surface area contributed by atoms with Crippen LogP contribution in [0.15, 0.2) is 34.1 Å². The molecule has 0 spiro atoms. The minimum absolute atomic E-state index is 1.19. The smallest absolute Gasteiger partial charge is 0.0189 e.